The second-order valence-electron chi connectivity index (χ2n) is 10.8. The number of rotatable bonds is 14. The first-order valence-electron chi connectivity index (χ1n) is 16.1. The number of imide groups is 1. The van der Waals surface area contributed by atoms with Crippen LogP contribution in [0.4, 0.5) is 4.79 Å². The van der Waals surface area contributed by atoms with Gasteiger partial charge in [0.15, 0.2) is 0 Å². The van der Waals surface area contributed by atoms with Crippen molar-refractivity contribution < 1.29 is 54.6 Å². The molecule has 51 heavy (non-hydrogen) atoms. The molecule has 1 saturated heterocycles. The minimum absolute atomic E-state index is 0.0253. The summed E-state index contributed by atoms with van der Waals surface area (Å²) in [6.45, 7) is 2.62. The number of aryl methyl sites for hydroxylation is 1. The number of aliphatic carboxylic acids is 2. The van der Waals surface area contributed by atoms with Gasteiger partial charge in [0, 0.05) is 18.3 Å². The normalized spacial score (nSPS) is 16.3. The van der Waals surface area contributed by atoms with E-state index in [1.807, 2.05) is 36.5 Å². The van der Waals surface area contributed by atoms with Crippen molar-refractivity contribution in [3.63, 3.8) is 0 Å². The van der Waals surface area contributed by atoms with Crippen molar-refractivity contribution in [2.45, 2.75) is 43.6 Å². The molecule has 3 atom stereocenters. The molecule has 5 rings (SSSR count). The lowest BCUT2D eigenvalue weighted by Gasteiger charge is -2.21. The molecule has 0 saturated carbocycles. The highest BCUT2D eigenvalue weighted by Gasteiger charge is 2.41. The Morgan fingerprint density at radius 1 is 0.804 bits per heavy atom. The molecule has 0 spiro atoms. The van der Waals surface area contributed by atoms with Crippen molar-refractivity contribution in [2.24, 2.45) is 0 Å². The van der Waals surface area contributed by atoms with E-state index in [4.69, 9.17) is 15.6 Å². The molecule has 0 bridgehead atoms. The highest BCUT2D eigenvalue weighted by molar-refractivity contribution is 8.15. The fraction of sp³-hybridized carbons (Fsp3) is 0.216. The van der Waals surface area contributed by atoms with Crippen molar-refractivity contribution >= 4 is 46.8 Å². The summed E-state index contributed by atoms with van der Waals surface area (Å²) in [5.41, 5.74) is 3.06. The molecule has 13 nitrogen and oxygen atoms in total. The van der Waals surface area contributed by atoms with E-state index in [-0.39, 0.29) is 17.5 Å². The molecule has 0 aliphatic carbocycles. The molecule has 3 N–H and O–H groups in total. The Morgan fingerprint density at radius 2 is 1.33 bits per heavy atom. The van der Waals surface area contributed by atoms with Crippen LogP contribution in [0.15, 0.2) is 103 Å². The molecule has 4 aromatic rings. The number of thioether (sulfide) groups is 1. The van der Waals surface area contributed by atoms with Gasteiger partial charge in [-0.25, -0.2) is 19.2 Å². The van der Waals surface area contributed by atoms with E-state index in [1.54, 1.807) is 12.1 Å². The number of esters is 2. The maximum Gasteiger partial charge on any atom is 0.349 e. The molecule has 1 aliphatic heterocycles. The van der Waals surface area contributed by atoms with Gasteiger partial charge in [0.25, 0.3) is 5.24 Å². The summed E-state index contributed by atoms with van der Waals surface area (Å²) >= 11 is 0.718. The van der Waals surface area contributed by atoms with Crippen LogP contribution in [0.25, 0.3) is 0 Å². The predicted octanol–water partition coefficient (Wildman–Crippen LogP) is 4.77. The fourth-order valence-electron chi connectivity index (χ4n) is 4.44. The topological polar surface area (TPSA) is 195 Å². The number of carbonyl (C=O) groups is 6. The van der Waals surface area contributed by atoms with E-state index in [0.29, 0.717) is 6.61 Å². The Morgan fingerprint density at radius 3 is 1.76 bits per heavy atom. The number of amides is 2. The number of ether oxygens (including phenoxy) is 3. The third-order valence-corrected chi connectivity index (χ3v) is 8.01. The first kappa shape index (κ1) is 36.3. The standard InChI is InChI=1S/C19H20N2O3S.C18H14O8/c1-2-13-3-6-15(20-12-13)9-10-24-16-7-4-14(5-8-16)11-17-18(22)21-19(23)25-17;19-15(20)13(25-17(23)11-7-3-1-4-8-11)14(16(21)22)26-18(24)12-9-5-2-6-10-12/h3-8,12,17H,2,9-11H2,1H3,(H,21,22,23);1-10,13-14H,(H,19,20)(H,21,22)/t17-;13-,14-/m01/s1/i17D;. The van der Waals surface area contributed by atoms with Crippen LogP contribution in [0.1, 0.15) is 45.8 Å². The predicted molar refractivity (Wildman–Crippen MR) is 184 cm³/mol. The van der Waals surface area contributed by atoms with Crippen molar-refractivity contribution in [3.8, 4) is 5.75 Å². The van der Waals surface area contributed by atoms with Crippen molar-refractivity contribution in [2.75, 3.05) is 6.61 Å². The molecule has 0 unspecified atom stereocenters. The molecule has 1 aromatic heterocycles. The van der Waals surface area contributed by atoms with Crippen LogP contribution in [-0.2, 0) is 43.1 Å². The van der Waals surface area contributed by atoms with E-state index < -0.39 is 52.5 Å². The molecule has 1 fully saturated rings. The number of benzene rings is 3. The molecule has 264 valence electrons. The zero-order chi connectivity index (χ0) is 37.7. The number of carbonyl (C=O) groups excluding carboxylic acids is 4. The van der Waals surface area contributed by atoms with Crippen LogP contribution in [0.3, 0.4) is 0 Å². The second kappa shape index (κ2) is 18.7. The lowest BCUT2D eigenvalue weighted by molar-refractivity contribution is -0.166. The highest BCUT2D eigenvalue weighted by Crippen LogP contribution is 2.24. The van der Waals surface area contributed by atoms with Crippen LogP contribution in [-0.4, -0.2) is 74.3 Å². The average Bonchev–Trinajstić information content (AvgIpc) is 3.40. The molecule has 14 heteroatoms. The molecule has 0 radical (unpaired) electrons. The van der Waals surface area contributed by atoms with Gasteiger partial charge in [-0.05, 0) is 66.4 Å². The van der Waals surface area contributed by atoms with E-state index >= 15 is 0 Å². The number of hydrogen-bond acceptors (Lipinski definition) is 11. The largest absolute Gasteiger partial charge is 0.493 e. The van der Waals surface area contributed by atoms with E-state index in [1.165, 1.54) is 54.1 Å². The maximum absolute atomic E-state index is 12.0. The van der Waals surface area contributed by atoms with Gasteiger partial charge >= 0.3 is 23.9 Å². The summed E-state index contributed by atoms with van der Waals surface area (Å²) in [6, 6.07) is 26.2. The zero-order valence-corrected chi connectivity index (χ0v) is 28.0. The van der Waals surface area contributed by atoms with Crippen molar-refractivity contribution in [1.82, 2.24) is 10.3 Å². The fourth-order valence-corrected chi connectivity index (χ4v) is 5.19. The van der Waals surface area contributed by atoms with E-state index in [9.17, 15) is 39.0 Å². The third kappa shape index (κ3) is 11.5. The Hall–Kier alpha value is -6.02. The molecule has 3 aromatic carbocycles. The number of pyridine rings is 1. The molecular weight excluding hydrogens is 680 g/mol. The van der Waals surface area contributed by atoms with Crippen molar-refractivity contribution in [1.29, 1.82) is 0 Å². The second-order valence-corrected chi connectivity index (χ2v) is 11.8. The number of nitrogens with zero attached hydrogens (tertiary/aromatic N) is 1. The van der Waals surface area contributed by atoms with Gasteiger partial charge in [-0.15, -0.1) is 0 Å². The summed E-state index contributed by atoms with van der Waals surface area (Å²) in [5, 5.41) is 18.7. The summed E-state index contributed by atoms with van der Waals surface area (Å²) in [4.78, 5) is 74.2. The summed E-state index contributed by atoms with van der Waals surface area (Å²) in [7, 11) is 0. The van der Waals surface area contributed by atoms with Crippen LogP contribution in [0.2, 0.25) is 0 Å². The summed E-state index contributed by atoms with van der Waals surface area (Å²) in [6.07, 6.45) is -0.669. The number of hydrogen-bond donors (Lipinski definition) is 3. The first-order valence-corrected chi connectivity index (χ1v) is 16.4. The SMILES string of the molecule is O=C(O[C@@H](C(=O)O)[C@@H](OC(=O)c1ccccc1)C(=O)O)c1ccccc1.[2H][C@@]1(Cc2ccc(OCCc3ccc(CC)cn3)cc2)SC(=O)NC1=O. The molecule has 2 amide bonds. The summed E-state index contributed by atoms with van der Waals surface area (Å²) < 4.78 is 23.4. The highest BCUT2D eigenvalue weighted by atomic mass is 32.2. The third-order valence-electron chi connectivity index (χ3n) is 7.14. The van der Waals surface area contributed by atoms with Gasteiger partial charge in [-0.1, -0.05) is 73.3 Å². The number of aromatic nitrogens is 1. The van der Waals surface area contributed by atoms with E-state index in [2.05, 4.69) is 23.3 Å². The zero-order valence-electron chi connectivity index (χ0n) is 28.2. The van der Waals surface area contributed by atoms with E-state index in [0.717, 1.165) is 41.6 Å². The van der Waals surface area contributed by atoms with Gasteiger partial charge in [0.1, 0.15) is 5.75 Å². The minimum Gasteiger partial charge on any atom is -0.493 e. The van der Waals surface area contributed by atoms with Gasteiger partial charge in [-0.2, -0.15) is 0 Å². The minimum atomic E-state index is -2.21. The van der Waals surface area contributed by atoms with Crippen LogP contribution in [0.5, 0.6) is 5.75 Å². The number of nitrogens with one attached hydrogen (secondary N) is 1. The van der Waals surface area contributed by atoms with Gasteiger partial charge < -0.3 is 24.4 Å². The molecular formula is C37H34N2O11S. The Kier molecular flexibility index (Phi) is 13.3. The van der Waals surface area contributed by atoms with Gasteiger partial charge in [0.2, 0.25) is 18.1 Å². The van der Waals surface area contributed by atoms with Crippen LogP contribution >= 0.6 is 11.8 Å². The monoisotopic (exact) mass is 715 g/mol. The lowest BCUT2D eigenvalue weighted by atomic mass is 10.1. The van der Waals surface area contributed by atoms with Crippen LogP contribution < -0.4 is 10.1 Å². The summed E-state index contributed by atoms with van der Waals surface area (Å²) in [5.74, 6) is -5.47. The maximum atomic E-state index is 12.0. The Bertz CT molecular complexity index is 1810. The van der Waals surface area contributed by atoms with Gasteiger partial charge in [-0.3, -0.25) is 19.9 Å². The number of carboxylic acids is 2. The smallest absolute Gasteiger partial charge is 0.349 e. The first-order chi connectivity index (χ1) is 24.9. The Balaban J connectivity index is 0.000000233. The average molecular weight is 716 g/mol. The van der Waals surface area contributed by atoms with Crippen molar-refractivity contribution in [3.05, 3.63) is 131 Å². The molecule has 1 aliphatic rings. The van der Waals surface area contributed by atoms with Crippen LogP contribution in [0, 0.1) is 0 Å². The lowest BCUT2D eigenvalue weighted by Crippen LogP contribution is -2.45. The Labute approximate surface area is 298 Å². The quantitative estimate of drug-likeness (QED) is 0.151. The number of carboxylic acid groups (broad SMARTS) is 2. The van der Waals surface area contributed by atoms with Gasteiger partial charge in [0.05, 0.1) is 24.3 Å². The molecule has 2 heterocycles.